The summed E-state index contributed by atoms with van der Waals surface area (Å²) in [4.78, 5) is 34.6. The third-order valence-electron chi connectivity index (χ3n) is 5.48. The van der Waals surface area contributed by atoms with Gasteiger partial charge < -0.3 is 14.4 Å². The van der Waals surface area contributed by atoms with Crippen LogP contribution in [0.15, 0.2) is 65.3 Å². The average molecular weight is 466 g/mol. The average Bonchev–Trinajstić information content (AvgIpc) is 3.17. The molecule has 0 N–H and O–H groups in total. The Balaban J connectivity index is 1.65. The van der Waals surface area contributed by atoms with Crippen molar-refractivity contribution in [2.45, 2.75) is 18.6 Å². The van der Waals surface area contributed by atoms with Crippen molar-refractivity contribution in [2.75, 3.05) is 38.3 Å². The van der Waals surface area contributed by atoms with E-state index in [-0.39, 0.29) is 17.1 Å². The van der Waals surface area contributed by atoms with E-state index in [2.05, 4.69) is 4.99 Å². The van der Waals surface area contributed by atoms with Crippen molar-refractivity contribution >= 4 is 40.5 Å². The first-order valence-electron chi connectivity index (χ1n) is 11.0. The van der Waals surface area contributed by atoms with Gasteiger partial charge >= 0.3 is 0 Å². The molecular formula is C25H27N3O4S. The summed E-state index contributed by atoms with van der Waals surface area (Å²) in [5.41, 5.74) is 1.91. The summed E-state index contributed by atoms with van der Waals surface area (Å²) in [6.45, 7) is 4.25. The molecule has 0 spiro atoms. The molecule has 2 aromatic carbocycles. The summed E-state index contributed by atoms with van der Waals surface area (Å²) in [5, 5.41) is 0.160. The van der Waals surface area contributed by atoms with Crippen LogP contribution in [-0.4, -0.2) is 60.5 Å². The van der Waals surface area contributed by atoms with Gasteiger partial charge in [0.2, 0.25) is 5.91 Å². The van der Waals surface area contributed by atoms with Crippen molar-refractivity contribution in [3.05, 3.63) is 65.9 Å². The smallest absolute Gasteiger partial charge is 0.283 e. The first kappa shape index (κ1) is 23.1. The molecule has 1 fully saturated rings. The molecule has 1 atom stereocenters. The number of amides is 2. The van der Waals surface area contributed by atoms with Crippen molar-refractivity contribution < 1.29 is 19.1 Å². The van der Waals surface area contributed by atoms with Crippen LogP contribution in [0.1, 0.15) is 18.9 Å². The van der Waals surface area contributed by atoms with Crippen LogP contribution in [0, 0.1) is 0 Å². The van der Waals surface area contributed by atoms with Crippen LogP contribution in [0.4, 0.5) is 5.69 Å². The maximum absolute atomic E-state index is 13.4. The second-order valence-electron chi connectivity index (χ2n) is 7.63. The number of benzene rings is 2. The fraction of sp³-hybridized carbons (Fsp3) is 0.320. The summed E-state index contributed by atoms with van der Waals surface area (Å²) >= 11 is 1.34. The van der Waals surface area contributed by atoms with Gasteiger partial charge in [0.15, 0.2) is 5.17 Å². The number of morpholine rings is 1. The predicted molar refractivity (Wildman–Crippen MR) is 131 cm³/mol. The van der Waals surface area contributed by atoms with Crippen LogP contribution in [0.5, 0.6) is 5.75 Å². The van der Waals surface area contributed by atoms with E-state index in [1.807, 2.05) is 54.3 Å². The fourth-order valence-corrected chi connectivity index (χ4v) is 4.78. The first-order chi connectivity index (χ1) is 16.1. The Morgan fingerprint density at radius 2 is 1.85 bits per heavy atom. The molecular weight excluding hydrogens is 438 g/mol. The van der Waals surface area contributed by atoms with Crippen LogP contribution in [0.2, 0.25) is 0 Å². The van der Waals surface area contributed by atoms with Crippen LogP contribution < -0.4 is 9.64 Å². The summed E-state index contributed by atoms with van der Waals surface area (Å²) in [6.07, 6.45) is 2.40. The molecule has 2 aromatic rings. The number of carbonyl (C=O) groups excluding carboxylic acids is 2. The van der Waals surface area contributed by atoms with E-state index >= 15 is 0 Å². The van der Waals surface area contributed by atoms with Crippen LogP contribution in [0.3, 0.4) is 0 Å². The monoisotopic (exact) mass is 465 g/mol. The number of amidine groups is 1. The summed E-state index contributed by atoms with van der Waals surface area (Å²) < 4.78 is 10.6. The van der Waals surface area contributed by atoms with E-state index in [1.165, 1.54) is 11.8 Å². The first-order valence-corrected chi connectivity index (χ1v) is 11.9. The van der Waals surface area contributed by atoms with Crippen LogP contribution >= 0.6 is 11.8 Å². The van der Waals surface area contributed by atoms with E-state index in [0.717, 1.165) is 5.56 Å². The quantitative estimate of drug-likeness (QED) is 0.607. The number of ether oxygens (including phenoxy) is 2. The van der Waals surface area contributed by atoms with Gasteiger partial charge in [-0.1, -0.05) is 49.0 Å². The van der Waals surface area contributed by atoms with Crippen molar-refractivity contribution in [1.82, 2.24) is 4.90 Å². The van der Waals surface area contributed by atoms with Gasteiger partial charge in [0.1, 0.15) is 11.4 Å². The minimum atomic E-state index is -0.341. The van der Waals surface area contributed by atoms with E-state index in [0.29, 0.717) is 55.0 Å². The van der Waals surface area contributed by atoms with E-state index in [9.17, 15) is 9.59 Å². The highest BCUT2D eigenvalue weighted by atomic mass is 32.2. The van der Waals surface area contributed by atoms with Gasteiger partial charge in [0.25, 0.3) is 5.91 Å². The largest absolute Gasteiger partial charge is 0.497 e. The van der Waals surface area contributed by atoms with Gasteiger partial charge in [-0.25, -0.2) is 4.99 Å². The van der Waals surface area contributed by atoms with Crippen molar-refractivity contribution in [2.24, 2.45) is 4.99 Å². The molecule has 172 valence electrons. The SMILES string of the molecule is CCC(SC1=NC(=Cc2ccccc2)C(=O)N1c1ccc(OC)cc1)C(=O)N1CCOCC1. The Kier molecular flexibility index (Phi) is 7.47. The Hall–Kier alpha value is -3.10. The number of aliphatic imine (C=N–C) groups is 1. The van der Waals surface area contributed by atoms with Crippen molar-refractivity contribution in [3.8, 4) is 5.75 Å². The molecule has 0 aliphatic carbocycles. The Bertz CT molecular complexity index is 1050. The second-order valence-corrected chi connectivity index (χ2v) is 8.80. The molecule has 0 bridgehead atoms. The number of hydrogen-bond donors (Lipinski definition) is 0. The summed E-state index contributed by atoms with van der Waals surface area (Å²) in [7, 11) is 1.60. The van der Waals surface area contributed by atoms with Gasteiger partial charge in [-0.05, 0) is 42.3 Å². The fourth-order valence-electron chi connectivity index (χ4n) is 3.66. The van der Waals surface area contributed by atoms with Crippen molar-refractivity contribution in [3.63, 3.8) is 0 Å². The number of methoxy groups -OCH3 is 1. The standard InChI is InChI=1S/C25H27N3O4S/c1-3-22(24(30)27-13-15-32-16-14-27)33-25-26-21(17-18-7-5-4-6-8-18)23(29)28(25)19-9-11-20(31-2)12-10-19/h4-12,17,22H,3,13-16H2,1-2H3. The molecule has 0 radical (unpaired) electrons. The van der Waals surface area contributed by atoms with E-state index < -0.39 is 0 Å². The molecule has 0 saturated carbocycles. The van der Waals surface area contributed by atoms with Gasteiger partial charge in [-0.15, -0.1) is 0 Å². The molecule has 8 heteroatoms. The zero-order valence-electron chi connectivity index (χ0n) is 18.8. The zero-order chi connectivity index (χ0) is 23.2. The van der Waals surface area contributed by atoms with Crippen LogP contribution in [0.25, 0.3) is 6.08 Å². The second kappa shape index (κ2) is 10.7. The number of nitrogens with zero attached hydrogens (tertiary/aromatic N) is 3. The Labute approximate surface area is 198 Å². The molecule has 4 rings (SSSR count). The van der Waals surface area contributed by atoms with E-state index in [4.69, 9.17) is 9.47 Å². The third kappa shape index (κ3) is 5.29. The molecule has 33 heavy (non-hydrogen) atoms. The minimum absolute atomic E-state index is 0.0520. The van der Waals surface area contributed by atoms with Gasteiger partial charge in [0.05, 0.1) is 31.3 Å². The lowest BCUT2D eigenvalue weighted by Crippen LogP contribution is -2.45. The molecule has 1 unspecified atom stereocenters. The zero-order valence-corrected chi connectivity index (χ0v) is 19.6. The number of rotatable bonds is 6. The topological polar surface area (TPSA) is 71.4 Å². The normalized spacial score (nSPS) is 18.4. The highest BCUT2D eigenvalue weighted by Crippen LogP contribution is 2.33. The Morgan fingerprint density at radius 3 is 2.48 bits per heavy atom. The van der Waals surface area contributed by atoms with Gasteiger partial charge in [-0.3, -0.25) is 14.5 Å². The number of carbonyl (C=O) groups is 2. The molecule has 2 heterocycles. The molecule has 2 amide bonds. The minimum Gasteiger partial charge on any atom is -0.497 e. The van der Waals surface area contributed by atoms with Crippen molar-refractivity contribution in [1.29, 1.82) is 0 Å². The maximum atomic E-state index is 13.4. The summed E-state index contributed by atoms with van der Waals surface area (Å²) in [6, 6.07) is 16.9. The highest BCUT2D eigenvalue weighted by molar-refractivity contribution is 8.15. The van der Waals surface area contributed by atoms with E-state index in [1.54, 1.807) is 30.2 Å². The lowest BCUT2D eigenvalue weighted by Gasteiger charge is -2.30. The predicted octanol–water partition coefficient (Wildman–Crippen LogP) is 3.81. The molecule has 2 aliphatic rings. The molecule has 7 nitrogen and oxygen atoms in total. The lowest BCUT2D eigenvalue weighted by atomic mass is 10.2. The van der Waals surface area contributed by atoms with Gasteiger partial charge in [0, 0.05) is 13.1 Å². The highest BCUT2D eigenvalue weighted by Gasteiger charge is 2.36. The number of thioether (sulfide) groups is 1. The molecule has 1 saturated heterocycles. The van der Waals surface area contributed by atoms with Gasteiger partial charge in [-0.2, -0.15) is 0 Å². The maximum Gasteiger partial charge on any atom is 0.283 e. The Morgan fingerprint density at radius 1 is 1.15 bits per heavy atom. The summed E-state index contributed by atoms with van der Waals surface area (Å²) in [5.74, 6) is 0.529. The molecule has 0 aromatic heterocycles. The number of anilines is 1. The van der Waals surface area contributed by atoms with Crippen LogP contribution in [-0.2, 0) is 14.3 Å². The lowest BCUT2D eigenvalue weighted by molar-refractivity contribution is -0.134. The number of hydrogen-bond acceptors (Lipinski definition) is 6. The molecule has 2 aliphatic heterocycles. The third-order valence-corrected chi connectivity index (χ3v) is 6.78.